The number of carbonyl (C=O) groups excluding carboxylic acids is 1. The van der Waals surface area contributed by atoms with Gasteiger partial charge in [0.05, 0.1) is 10.9 Å². The smallest absolute Gasteiger partial charge is 0.243 e. The highest BCUT2D eigenvalue weighted by atomic mass is 32.2. The highest BCUT2D eigenvalue weighted by molar-refractivity contribution is 7.89. The summed E-state index contributed by atoms with van der Waals surface area (Å²) in [6.45, 7) is 2.06. The molecule has 138 valence electrons. The van der Waals surface area contributed by atoms with Crippen LogP contribution in [0, 0.1) is 5.82 Å². The van der Waals surface area contributed by atoms with Gasteiger partial charge in [-0.2, -0.15) is 4.31 Å². The van der Waals surface area contributed by atoms with Gasteiger partial charge in [0.2, 0.25) is 15.9 Å². The standard InChI is InChI=1S/C19H21FN2O3S/c1-14(15-7-5-8-16(20)13-15)21-19(23)18-11-6-12-22(18)26(24,25)17-9-3-2-4-10-17/h2-5,7-10,13-14,18H,6,11-12H2,1H3,(H,21,23)/t14-,18-/m1/s1. The third kappa shape index (κ3) is 3.78. The molecule has 1 N–H and O–H groups in total. The number of halogens is 1. The fourth-order valence-corrected chi connectivity index (χ4v) is 4.86. The lowest BCUT2D eigenvalue weighted by Crippen LogP contribution is -2.46. The molecule has 26 heavy (non-hydrogen) atoms. The molecule has 1 saturated heterocycles. The van der Waals surface area contributed by atoms with Crippen molar-refractivity contribution in [3.8, 4) is 0 Å². The first-order valence-electron chi connectivity index (χ1n) is 8.52. The summed E-state index contributed by atoms with van der Waals surface area (Å²) in [5.74, 6) is -0.739. The van der Waals surface area contributed by atoms with Gasteiger partial charge in [-0.15, -0.1) is 0 Å². The number of amides is 1. The molecular formula is C19H21FN2O3S. The molecule has 5 nitrogen and oxygen atoms in total. The maximum atomic E-state index is 13.4. The molecule has 0 spiro atoms. The molecule has 0 saturated carbocycles. The number of hydrogen-bond donors (Lipinski definition) is 1. The van der Waals surface area contributed by atoms with E-state index in [9.17, 15) is 17.6 Å². The van der Waals surface area contributed by atoms with Crippen LogP contribution in [0.15, 0.2) is 59.5 Å². The molecule has 2 atom stereocenters. The summed E-state index contributed by atoms with van der Waals surface area (Å²) in [5.41, 5.74) is 0.633. The van der Waals surface area contributed by atoms with Crippen LogP contribution in [0.2, 0.25) is 0 Å². The highest BCUT2D eigenvalue weighted by Gasteiger charge is 2.39. The molecule has 3 rings (SSSR count). The molecule has 7 heteroatoms. The van der Waals surface area contributed by atoms with E-state index in [0.717, 1.165) is 0 Å². The summed E-state index contributed by atoms with van der Waals surface area (Å²) >= 11 is 0. The lowest BCUT2D eigenvalue weighted by Gasteiger charge is -2.25. The van der Waals surface area contributed by atoms with E-state index in [0.29, 0.717) is 24.9 Å². The predicted molar refractivity (Wildman–Crippen MR) is 96.3 cm³/mol. The minimum Gasteiger partial charge on any atom is -0.348 e. The SMILES string of the molecule is C[C@@H](NC(=O)[C@H]1CCCN1S(=O)(=O)c1ccccc1)c1cccc(F)c1. The predicted octanol–water partition coefficient (Wildman–Crippen LogP) is 2.86. The third-order valence-electron chi connectivity index (χ3n) is 4.56. The molecule has 0 aliphatic carbocycles. The van der Waals surface area contributed by atoms with Gasteiger partial charge in [0.1, 0.15) is 11.9 Å². The second-order valence-electron chi connectivity index (χ2n) is 6.37. The molecule has 0 radical (unpaired) electrons. The molecule has 1 heterocycles. The van der Waals surface area contributed by atoms with E-state index in [1.165, 1.54) is 28.6 Å². The van der Waals surface area contributed by atoms with E-state index in [1.54, 1.807) is 37.3 Å². The number of carbonyl (C=O) groups is 1. The van der Waals surface area contributed by atoms with E-state index in [2.05, 4.69) is 5.32 Å². The number of nitrogens with zero attached hydrogens (tertiary/aromatic N) is 1. The van der Waals surface area contributed by atoms with E-state index >= 15 is 0 Å². The summed E-state index contributed by atoms with van der Waals surface area (Å²) < 4.78 is 40.3. The summed E-state index contributed by atoms with van der Waals surface area (Å²) in [6.07, 6.45) is 1.09. The van der Waals surface area contributed by atoms with Crippen molar-refractivity contribution >= 4 is 15.9 Å². The Labute approximate surface area is 152 Å². The molecule has 0 unspecified atom stereocenters. The first kappa shape index (κ1) is 18.5. The minimum atomic E-state index is -3.73. The van der Waals surface area contributed by atoms with Gasteiger partial charge in [-0.25, -0.2) is 12.8 Å². The monoisotopic (exact) mass is 376 g/mol. The quantitative estimate of drug-likeness (QED) is 0.873. The molecule has 1 aliphatic rings. The second kappa shape index (κ2) is 7.55. The first-order chi connectivity index (χ1) is 12.4. The van der Waals surface area contributed by atoms with Crippen molar-refractivity contribution in [3.63, 3.8) is 0 Å². The largest absolute Gasteiger partial charge is 0.348 e. The van der Waals surface area contributed by atoms with E-state index in [1.807, 2.05) is 0 Å². The zero-order chi connectivity index (χ0) is 18.7. The van der Waals surface area contributed by atoms with Crippen LogP contribution in [-0.4, -0.2) is 31.2 Å². The molecule has 0 aromatic heterocycles. The van der Waals surface area contributed by atoms with Gasteiger partial charge in [-0.1, -0.05) is 30.3 Å². The summed E-state index contributed by atoms with van der Waals surface area (Å²) in [6, 6.07) is 12.9. The van der Waals surface area contributed by atoms with Crippen LogP contribution in [0.25, 0.3) is 0 Å². The average Bonchev–Trinajstić information content (AvgIpc) is 3.13. The average molecular weight is 376 g/mol. The first-order valence-corrected chi connectivity index (χ1v) is 9.96. The van der Waals surface area contributed by atoms with Crippen LogP contribution in [0.3, 0.4) is 0 Å². The Morgan fingerprint density at radius 1 is 1.19 bits per heavy atom. The molecule has 1 fully saturated rings. The van der Waals surface area contributed by atoms with Gasteiger partial charge in [-0.3, -0.25) is 4.79 Å². The Morgan fingerprint density at radius 3 is 2.62 bits per heavy atom. The van der Waals surface area contributed by atoms with Crippen molar-refractivity contribution in [2.45, 2.75) is 36.7 Å². The topological polar surface area (TPSA) is 66.5 Å². The van der Waals surface area contributed by atoms with Crippen molar-refractivity contribution in [1.29, 1.82) is 0 Å². The number of sulfonamides is 1. The number of nitrogens with one attached hydrogen (secondary N) is 1. The molecule has 2 aromatic carbocycles. The maximum Gasteiger partial charge on any atom is 0.243 e. The Bertz CT molecular complexity index is 887. The van der Waals surface area contributed by atoms with Crippen LogP contribution in [0.4, 0.5) is 4.39 Å². The molecular weight excluding hydrogens is 355 g/mol. The van der Waals surface area contributed by atoms with Crippen LogP contribution in [0.1, 0.15) is 31.4 Å². The zero-order valence-electron chi connectivity index (χ0n) is 14.4. The number of hydrogen-bond acceptors (Lipinski definition) is 3. The highest BCUT2D eigenvalue weighted by Crippen LogP contribution is 2.26. The van der Waals surface area contributed by atoms with Crippen LogP contribution < -0.4 is 5.32 Å². The Kier molecular flexibility index (Phi) is 5.38. The van der Waals surface area contributed by atoms with Crippen molar-refractivity contribution < 1.29 is 17.6 Å². The summed E-state index contributed by atoms with van der Waals surface area (Å²) in [4.78, 5) is 12.9. The number of rotatable bonds is 5. The van der Waals surface area contributed by atoms with Gasteiger partial charge in [0.15, 0.2) is 0 Å². The van der Waals surface area contributed by atoms with E-state index in [-0.39, 0.29) is 16.6 Å². The fourth-order valence-electron chi connectivity index (χ4n) is 3.19. The molecule has 1 amide bonds. The van der Waals surface area contributed by atoms with E-state index < -0.39 is 22.1 Å². The minimum absolute atomic E-state index is 0.179. The van der Waals surface area contributed by atoms with Gasteiger partial charge in [0.25, 0.3) is 0 Å². The Morgan fingerprint density at radius 2 is 1.92 bits per heavy atom. The van der Waals surface area contributed by atoms with Gasteiger partial charge >= 0.3 is 0 Å². The number of benzene rings is 2. The second-order valence-corrected chi connectivity index (χ2v) is 8.26. The summed E-state index contributed by atoms with van der Waals surface area (Å²) in [7, 11) is -3.73. The third-order valence-corrected chi connectivity index (χ3v) is 6.49. The van der Waals surface area contributed by atoms with Gasteiger partial charge in [-0.05, 0) is 49.6 Å². The molecule has 1 aliphatic heterocycles. The van der Waals surface area contributed by atoms with Crippen LogP contribution in [-0.2, 0) is 14.8 Å². The van der Waals surface area contributed by atoms with Crippen molar-refractivity contribution in [3.05, 3.63) is 66.0 Å². The fraction of sp³-hybridized carbons (Fsp3) is 0.316. The molecule has 2 aromatic rings. The normalized spacial score (nSPS) is 19.2. The maximum absolute atomic E-state index is 13.4. The lowest BCUT2D eigenvalue weighted by atomic mass is 10.1. The van der Waals surface area contributed by atoms with Gasteiger partial charge in [0, 0.05) is 6.54 Å². The van der Waals surface area contributed by atoms with Crippen molar-refractivity contribution in [2.75, 3.05) is 6.54 Å². The van der Waals surface area contributed by atoms with E-state index in [4.69, 9.17) is 0 Å². The summed E-state index contributed by atoms with van der Waals surface area (Å²) in [5, 5.41) is 2.81. The van der Waals surface area contributed by atoms with Crippen molar-refractivity contribution in [1.82, 2.24) is 9.62 Å². The zero-order valence-corrected chi connectivity index (χ0v) is 15.2. The van der Waals surface area contributed by atoms with Crippen LogP contribution >= 0.6 is 0 Å². The van der Waals surface area contributed by atoms with Crippen molar-refractivity contribution in [2.24, 2.45) is 0 Å². The molecule has 0 bridgehead atoms. The Balaban J connectivity index is 1.76. The Hall–Kier alpha value is -2.25. The lowest BCUT2D eigenvalue weighted by molar-refractivity contribution is -0.124. The van der Waals surface area contributed by atoms with Gasteiger partial charge < -0.3 is 5.32 Å². The van der Waals surface area contributed by atoms with Crippen LogP contribution in [0.5, 0.6) is 0 Å².